The zero-order chi connectivity index (χ0) is 20.3. The minimum Gasteiger partial charge on any atom is -0.298 e. The number of sulfonamides is 1. The number of thiazole rings is 1. The van der Waals surface area contributed by atoms with E-state index in [9.17, 15) is 13.2 Å². The van der Waals surface area contributed by atoms with Gasteiger partial charge in [-0.25, -0.2) is 17.7 Å². The van der Waals surface area contributed by atoms with Crippen molar-refractivity contribution in [2.75, 3.05) is 19.4 Å². The van der Waals surface area contributed by atoms with E-state index in [0.717, 1.165) is 33.8 Å². The van der Waals surface area contributed by atoms with Gasteiger partial charge in [-0.1, -0.05) is 30.7 Å². The fourth-order valence-corrected chi connectivity index (χ4v) is 4.54. The molecular weight excluding hydrogens is 394 g/mol. The Morgan fingerprint density at radius 1 is 1.14 bits per heavy atom. The lowest BCUT2D eigenvalue weighted by Crippen LogP contribution is -2.22. The third-order valence-corrected chi connectivity index (χ3v) is 7.15. The molecule has 3 rings (SSSR count). The number of carbonyl (C=O) groups excluding carboxylic acids is 1. The monoisotopic (exact) mass is 417 g/mol. The molecule has 2 aromatic carbocycles. The molecule has 0 saturated carbocycles. The second-order valence-electron chi connectivity index (χ2n) is 6.69. The molecule has 0 spiro atoms. The van der Waals surface area contributed by atoms with Crippen LogP contribution in [0, 0.1) is 0 Å². The topological polar surface area (TPSA) is 79.4 Å². The van der Waals surface area contributed by atoms with Gasteiger partial charge in [0.25, 0.3) is 5.91 Å². The molecule has 0 aliphatic rings. The molecule has 0 unspecified atom stereocenters. The smallest absolute Gasteiger partial charge is 0.257 e. The molecule has 1 N–H and O–H groups in total. The Kier molecular flexibility index (Phi) is 6.12. The van der Waals surface area contributed by atoms with Gasteiger partial charge in [-0.05, 0) is 54.8 Å². The summed E-state index contributed by atoms with van der Waals surface area (Å²) in [7, 11) is -0.577. The van der Waals surface area contributed by atoms with Crippen molar-refractivity contribution in [3.63, 3.8) is 0 Å². The SMILES string of the molecule is CCCCc1ccc2nc(NC(=O)c3ccc(S(=O)(=O)N(C)C)cc3)sc2c1. The number of aromatic nitrogens is 1. The van der Waals surface area contributed by atoms with Crippen LogP contribution in [-0.4, -0.2) is 37.7 Å². The van der Waals surface area contributed by atoms with Crippen molar-refractivity contribution in [3.8, 4) is 0 Å². The fraction of sp³-hybridized carbons (Fsp3) is 0.300. The predicted molar refractivity (Wildman–Crippen MR) is 114 cm³/mol. The van der Waals surface area contributed by atoms with Crippen molar-refractivity contribution in [1.82, 2.24) is 9.29 Å². The van der Waals surface area contributed by atoms with Crippen molar-refractivity contribution in [2.24, 2.45) is 0 Å². The molecule has 0 radical (unpaired) electrons. The Labute approximate surface area is 169 Å². The minimum absolute atomic E-state index is 0.147. The number of benzene rings is 2. The summed E-state index contributed by atoms with van der Waals surface area (Å²) < 4.78 is 26.4. The highest BCUT2D eigenvalue weighted by atomic mass is 32.2. The number of rotatable bonds is 7. The van der Waals surface area contributed by atoms with Crippen molar-refractivity contribution >= 4 is 42.6 Å². The van der Waals surface area contributed by atoms with Gasteiger partial charge >= 0.3 is 0 Å². The maximum absolute atomic E-state index is 12.5. The molecule has 0 aliphatic carbocycles. The maximum atomic E-state index is 12.5. The van der Waals surface area contributed by atoms with Crippen LogP contribution in [0.25, 0.3) is 10.2 Å². The highest BCUT2D eigenvalue weighted by Crippen LogP contribution is 2.28. The van der Waals surface area contributed by atoms with Crippen molar-refractivity contribution in [3.05, 3.63) is 53.6 Å². The number of nitrogens with one attached hydrogen (secondary N) is 1. The fourth-order valence-electron chi connectivity index (χ4n) is 2.72. The summed E-state index contributed by atoms with van der Waals surface area (Å²) >= 11 is 1.43. The van der Waals surface area contributed by atoms with Crippen LogP contribution in [0.15, 0.2) is 47.4 Å². The van der Waals surface area contributed by atoms with Gasteiger partial charge in [0.2, 0.25) is 10.0 Å². The lowest BCUT2D eigenvalue weighted by Gasteiger charge is -2.11. The summed E-state index contributed by atoms with van der Waals surface area (Å²) in [4.78, 5) is 17.1. The van der Waals surface area contributed by atoms with Gasteiger partial charge in [-0.15, -0.1) is 0 Å². The van der Waals surface area contributed by atoms with E-state index in [1.54, 1.807) is 0 Å². The Hall–Kier alpha value is -2.29. The maximum Gasteiger partial charge on any atom is 0.257 e. The number of anilines is 1. The summed E-state index contributed by atoms with van der Waals surface area (Å²) in [5, 5.41) is 3.33. The van der Waals surface area contributed by atoms with Gasteiger partial charge < -0.3 is 0 Å². The molecule has 0 atom stereocenters. The number of hydrogen-bond acceptors (Lipinski definition) is 5. The minimum atomic E-state index is -3.52. The summed E-state index contributed by atoms with van der Waals surface area (Å²) in [6.07, 6.45) is 3.33. The Balaban J connectivity index is 1.75. The summed E-state index contributed by atoms with van der Waals surface area (Å²) in [6, 6.07) is 12.1. The van der Waals surface area contributed by atoms with Gasteiger partial charge in [-0.2, -0.15) is 0 Å². The normalized spacial score (nSPS) is 11.9. The van der Waals surface area contributed by atoms with Crippen LogP contribution < -0.4 is 5.32 Å². The molecule has 1 heterocycles. The van der Waals surface area contributed by atoms with Gasteiger partial charge in [0.1, 0.15) is 0 Å². The zero-order valence-electron chi connectivity index (χ0n) is 16.1. The van der Waals surface area contributed by atoms with Crippen LogP contribution in [0.1, 0.15) is 35.7 Å². The average Bonchev–Trinajstić information content (AvgIpc) is 3.07. The largest absolute Gasteiger partial charge is 0.298 e. The van der Waals surface area contributed by atoms with E-state index in [2.05, 4.69) is 29.4 Å². The lowest BCUT2D eigenvalue weighted by atomic mass is 10.1. The van der Waals surface area contributed by atoms with Crippen LogP contribution in [-0.2, 0) is 16.4 Å². The van der Waals surface area contributed by atoms with E-state index in [4.69, 9.17) is 0 Å². The van der Waals surface area contributed by atoms with Crippen LogP contribution in [0.2, 0.25) is 0 Å². The van der Waals surface area contributed by atoms with E-state index in [0.29, 0.717) is 10.7 Å². The van der Waals surface area contributed by atoms with Gasteiger partial charge in [-0.3, -0.25) is 10.1 Å². The standard InChI is InChI=1S/C20H23N3O3S2/c1-4-5-6-14-7-12-17-18(13-14)27-20(21-17)22-19(24)15-8-10-16(11-9-15)28(25,26)23(2)3/h7-13H,4-6H2,1-3H3,(H,21,22,24). The van der Waals surface area contributed by atoms with Gasteiger partial charge in [0.05, 0.1) is 15.1 Å². The first kappa shape index (κ1) is 20.4. The molecule has 148 valence electrons. The number of carbonyl (C=O) groups is 1. The molecule has 3 aromatic rings. The molecule has 8 heteroatoms. The summed E-state index contributed by atoms with van der Waals surface area (Å²) in [5.74, 6) is -0.320. The third-order valence-electron chi connectivity index (χ3n) is 4.39. The summed E-state index contributed by atoms with van der Waals surface area (Å²) in [5.41, 5.74) is 2.50. The number of fused-ring (bicyclic) bond motifs is 1. The average molecular weight is 418 g/mol. The Morgan fingerprint density at radius 3 is 2.50 bits per heavy atom. The Morgan fingerprint density at radius 2 is 1.86 bits per heavy atom. The van der Waals surface area contributed by atoms with Gasteiger partial charge in [0, 0.05) is 19.7 Å². The lowest BCUT2D eigenvalue weighted by molar-refractivity contribution is 0.102. The van der Waals surface area contributed by atoms with Gasteiger partial charge in [0.15, 0.2) is 5.13 Å². The van der Waals surface area contributed by atoms with E-state index in [-0.39, 0.29) is 10.8 Å². The molecule has 0 aliphatic heterocycles. The van der Waals surface area contributed by atoms with Crippen molar-refractivity contribution < 1.29 is 13.2 Å². The second-order valence-corrected chi connectivity index (χ2v) is 9.87. The van der Waals surface area contributed by atoms with E-state index in [1.165, 1.54) is 55.3 Å². The van der Waals surface area contributed by atoms with Crippen LogP contribution >= 0.6 is 11.3 Å². The third kappa shape index (κ3) is 4.40. The second kappa shape index (κ2) is 8.38. The Bertz CT molecular complexity index is 1090. The first-order valence-corrected chi connectivity index (χ1v) is 11.3. The van der Waals surface area contributed by atoms with Crippen LogP contribution in [0.3, 0.4) is 0 Å². The molecular formula is C20H23N3O3S2. The highest BCUT2D eigenvalue weighted by Gasteiger charge is 2.18. The van der Waals surface area contributed by atoms with E-state index in [1.807, 2.05) is 6.07 Å². The first-order chi connectivity index (χ1) is 13.3. The van der Waals surface area contributed by atoms with Crippen LogP contribution in [0.4, 0.5) is 5.13 Å². The number of aryl methyl sites for hydroxylation is 1. The molecule has 28 heavy (non-hydrogen) atoms. The predicted octanol–water partition coefficient (Wildman–Crippen LogP) is 4.14. The van der Waals surface area contributed by atoms with Crippen LogP contribution in [0.5, 0.6) is 0 Å². The quantitative estimate of drug-likeness (QED) is 0.626. The first-order valence-electron chi connectivity index (χ1n) is 9.04. The molecule has 1 aromatic heterocycles. The molecule has 0 fully saturated rings. The molecule has 0 bridgehead atoms. The van der Waals surface area contributed by atoms with E-state index < -0.39 is 10.0 Å². The summed E-state index contributed by atoms with van der Waals surface area (Å²) in [6.45, 7) is 2.17. The molecule has 1 amide bonds. The molecule has 6 nitrogen and oxygen atoms in total. The van der Waals surface area contributed by atoms with E-state index >= 15 is 0 Å². The number of nitrogens with zero attached hydrogens (tertiary/aromatic N) is 2. The zero-order valence-corrected chi connectivity index (χ0v) is 17.7. The number of unbranched alkanes of at least 4 members (excludes halogenated alkanes) is 1. The molecule has 0 saturated heterocycles. The van der Waals surface area contributed by atoms with Crippen molar-refractivity contribution in [2.45, 2.75) is 31.1 Å². The highest BCUT2D eigenvalue weighted by molar-refractivity contribution is 7.89. The number of amides is 1. The van der Waals surface area contributed by atoms with Crippen molar-refractivity contribution in [1.29, 1.82) is 0 Å². The number of hydrogen-bond donors (Lipinski definition) is 1.